The molecule has 118 valence electrons. The van der Waals surface area contributed by atoms with Crippen molar-refractivity contribution in [3.63, 3.8) is 0 Å². The molecular weight excluding hydrogens is 266 g/mol. The molecule has 0 aromatic heterocycles. The minimum atomic E-state index is -0.428. The lowest BCUT2D eigenvalue weighted by Crippen LogP contribution is -3.15. The van der Waals surface area contributed by atoms with Crippen LogP contribution in [0.2, 0.25) is 0 Å². The Morgan fingerprint density at radius 1 is 1.29 bits per heavy atom. The van der Waals surface area contributed by atoms with Crippen LogP contribution in [-0.2, 0) is 4.74 Å². The molecule has 1 heterocycles. The van der Waals surface area contributed by atoms with E-state index in [1.54, 1.807) is 0 Å². The van der Waals surface area contributed by atoms with Gasteiger partial charge >= 0.3 is 0 Å². The van der Waals surface area contributed by atoms with Crippen LogP contribution in [0, 0.1) is 0 Å². The molecular formula is C17H28NO3+. The van der Waals surface area contributed by atoms with E-state index in [0.717, 1.165) is 45.0 Å². The highest BCUT2D eigenvalue weighted by molar-refractivity contribution is 5.35. The standard InChI is InChI=1S/C17H27NO3/c1-3-14(2)16-6-4-5-7-17(16)21-13-15(19)12-18-8-10-20-11-9-18/h4-7,14-15,19H,3,8-13H2,1-2H3/p+1/t14-,15-/m0/s1. The number of hydrogen-bond donors (Lipinski definition) is 2. The molecule has 0 amide bonds. The molecule has 0 saturated carbocycles. The molecule has 0 radical (unpaired) electrons. The SMILES string of the molecule is CC[C@H](C)c1ccccc1OC[C@@H](O)C[NH+]1CCOCC1. The minimum Gasteiger partial charge on any atom is -0.490 e. The number of nitrogens with one attached hydrogen (secondary N) is 1. The summed E-state index contributed by atoms with van der Waals surface area (Å²) in [6.45, 7) is 9.00. The van der Waals surface area contributed by atoms with Crippen molar-refractivity contribution >= 4 is 0 Å². The normalized spacial score (nSPS) is 19.2. The van der Waals surface area contributed by atoms with Crippen molar-refractivity contribution in [1.29, 1.82) is 0 Å². The van der Waals surface area contributed by atoms with Crippen LogP contribution < -0.4 is 9.64 Å². The van der Waals surface area contributed by atoms with Crippen LogP contribution in [0.25, 0.3) is 0 Å². The molecule has 4 nitrogen and oxygen atoms in total. The summed E-state index contributed by atoms with van der Waals surface area (Å²) >= 11 is 0. The Morgan fingerprint density at radius 2 is 2.00 bits per heavy atom. The third kappa shape index (κ3) is 4.99. The Bertz CT molecular complexity index is 418. The van der Waals surface area contributed by atoms with Crippen LogP contribution in [0.1, 0.15) is 31.7 Å². The van der Waals surface area contributed by atoms with Gasteiger partial charge in [0.1, 0.15) is 38.1 Å². The molecule has 2 rings (SSSR count). The Balaban J connectivity index is 1.84. The molecule has 0 bridgehead atoms. The summed E-state index contributed by atoms with van der Waals surface area (Å²) in [7, 11) is 0. The van der Waals surface area contributed by atoms with Crippen LogP contribution in [0.4, 0.5) is 0 Å². The Hall–Kier alpha value is -1.10. The molecule has 1 saturated heterocycles. The van der Waals surface area contributed by atoms with Crippen molar-refractivity contribution in [1.82, 2.24) is 0 Å². The number of rotatable bonds is 7. The number of aliphatic hydroxyl groups is 1. The fraction of sp³-hybridized carbons (Fsp3) is 0.647. The summed E-state index contributed by atoms with van der Waals surface area (Å²) in [6, 6.07) is 8.14. The second-order valence-corrected chi connectivity index (χ2v) is 5.88. The molecule has 21 heavy (non-hydrogen) atoms. The highest BCUT2D eigenvalue weighted by Crippen LogP contribution is 2.28. The topological polar surface area (TPSA) is 43.1 Å². The highest BCUT2D eigenvalue weighted by Gasteiger charge is 2.19. The zero-order valence-corrected chi connectivity index (χ0v) is 13.2. The zero-order chi connectivity index (χ0) is 15.1. The number of ether oxygens (including phenoxy) is 2. The lowest BCUT2D eigenvalue weighted by molar-refractivity contribution is -0.911. The van der Waals surface area contributed by atoms with Gasteiger partial charge in [-0.2, -0.15) is 0 Å². The average Bonchev–Trinajstić information content (AvgIpc) is 2.53. The molecule has 1 aromatic carbocycles. The third-order valence-electron chi connectivity index (χ3n) is 4.22. The van der Waals surface area contributed by atoms with Crippen molar-refractivity contribution in [3.05, 3.63) is 29.8 Å². The minimum absolute atomic E-state index is 0.359. The second-order valence-electron chi connectivity index (χ2n) is 5.88. The van der Waals surface area contributed by atoms with Gasteiger partial charge < -0.3 is 19.5 Å². The van der Waals surface area contributed by atoms with Crippen LogP contribution in [0.5, 0.6) is 5.75 Å². The number of para-hydroxylation sites is 1. The lowest BCUT2D eigenvalue weighted by Gasteiger charge is -2.26. The third-order valence-corrected chi connectivity index (χ3v) is 4.22. The smallest absolute Gasteiger partial charge is 0.137 e. The summed E-state index contributed by atoms with van der Waals surface area (Å²) in [5, 5.41) is 10.2. The van der Waals surface area contributed by atoms with Gasteiger partial charge in [-0.25, -0.2) is 0 Å². The molecule has 4 heteroatoms. The van der Waals surface area contributed by atoms with Crippen LogP contribution in [-0.4, -0.2) is 50.7 Å². The van der Waals surface area contributed by atoms with E-state index in [1.807, 2.05) is 18.2 Å². The Kier molecular flexibility index (Phi) is 6.49. The van der Waals surface area contributed by atoms with E-state index < -0.39 is 6.10 Å². The van der Waals surface area contributed by atoms with Crippen molar-refractivity contribution in [2.45, 2.75) is 32.3 Å². The van der Waals surface area contributed by atoms with Crippen molar-refractivity contribution in [2.75, 3.05) is 39.5 Å². The quantitative estimate of drug-likeness (QED) is 0.784. The maximum absolute atomic E-state index is 10.2. The van der Waals surface area contributed by atoms with Crippen LogP contribution in [0.15, 0.2) is 24.3 Å². The maximum atomic E-state index is 10.2. The number of morpholine rings is 1. The lowest BCUT2D eigenvalue weighted by atomic mass is 9.98. The van der Waals surface area contributed by atoms with E-state index in [0.29, 0.717) is 12.5 Å². The number of quaternary nitrogens is 1. The average molecular weight is 294 g/mol. The molecule has 0 aliphatic carbocycles. The fourth-order valence-electron chi connectivity index (χ4n) is 2.68. The summed E-state index contributed by atoms with van der Waals surface area (Å²) < 4.78 is 11.2. The van der Waals surface area contributed by atoms with E-state index in [2.05, 4.69) is 19.9 Å². The van der Waals surface area contributed by atoms with Crippen LogP contribution in [0.3, 0.4) is 0 Å². The molecule has 2 atom stereocenters. The second kappa shape index (κ2) is 8.37. The van der Waals surface area contributed by atoms with Crippen molar-refractivity contribution < 1.29 is 19.5 Å². The van der Waals surface area contributed by atoms with E-state index in [-0.39, 0.29) is 0 Å². The summed E-state index contributed by atoms with van der Waals surface area (Å²) in [5.41, 5.74) is 1.23. The monoisotopic (exact) mass is 294 g/mol. The van der Waals surface area contributed by atoms with Crippen molar-refractivity contribution in [2.24, 2.45) is 0 Å². The number of aliphatic hydroxyl groups excluding tert-OH is 1. The Labute approximate surface area is 127 Å². The van der Waals surface area contributed by atoms with E-state index in [1.165, 1.54) is 10.5 Å². The molecule has 0 spiro atoms. The van der Waals surface area contributed by atoms with Gasteiger partial charge in [0.2, 0.25) is 0 Å². The van der Waals surface area contributed by atoms with Gasteiger partial charge in [-0.05, 0) is 24.0 Å². The molecule has 1 aliphatic heterocycles. The fourth-order valence-corrected chi connectivity index (χ4v) is 2.68. The van der Waals surface area contributed by atoms with Gasteiger partial charge in [0.05, 0.1) is 13.2 Å². The largest absolute Gasteiger partial charge is 0.490 e. The van der Waals surface area contributed by atoms with E-state index >= 15 is 0 Å². The first-order chi connectivity index (χ1) is 10.2. The molecule has 1 aromatic rings. The van der Waals surface area contributed by atoms with Gasteiger partial charge in [0, 0.05) is 0 Å². The van der Waals surface area contributed by atoms with Gasteiger partial charge in [-0.15, -0.1) is 0 Å². The predicted octanol–water partition coefficient (Wildman–Crippen LogP) is 0.855. The van der Waals surface area contributed by atoms with Gasteiger partial charge in [0.25, 0.3) is 0 Å². The Morgan fingerprint density at radius 3 is 2.71 bits per heavy atom. The molecule has 2 N–H and O–H groups in total. The van der Waals surface area contributed by atoms with Gasteiger partial charge in [-0.1, -0.05) is 32.0 Å². The van der Waals surface area contributed by atoms with E-state index in [4.69, 9.17) is 9.47 Å². The summed E-state index contributed by atoms with van der Waals surface area (Å²) in [4.78, 5) is 1.40. The number of benzene rings is 1. The number of hydrogen-bond acceptors (Lipinski definition) is 3. The first-order valence-electron chi connectivity index (χ1n) is 8.01. The molecule has 1 fully saturated rings. The van der Waals surface area contributed by atoms with Gasteiger partial charge in [0.15, 0.2) is 0 Å². The highest BCUT2D eigenvalue weighted by atomic mass is 16.5. The first kappa shape index (κ1) is 16.3. The summed E-state index contributed by atoms with van der Waals surface area (Å²) in [5.74, 6) is 1.38. The maximum Gasteiger partial charge on any atom is 0.137 e. The predicted molar refractivity (Wildman–Crippen MR) is 83.0 cm³/mol. The van der Waals surface area contributed by atoms with Crippen LogP contribution >= 0.6 is 0 Å². The summed E-state index contributed by atoms with van der Waals surface area (Å²) in [6.07, 6.45) is 0.656. The zero-order valence-electron chi connectivity index (χ0n) is 13.2. The van der Waals surface area contributed by atoms with Gasteiger partial charge in [-0.3, -0.25) is 0 Å². The van der Waals surface area contributed by atoms with E-state index in [9.17, 15) is 5.11 Å². The molecule has 1 aliphatic rings. The van der Waals surface area contributed by atoms with Crippen molar-refractivity contribution in [3.8, 4) is 5.75 Å². The first-order valence-corrected chi connectivity index (χ1v) is 8.01. The molecule has 0 unspecified atom stereocenters.